The Balaban J connectivity index is 2.25. The maximum atomic E-state index is 11.9. The summed E-state index contributed by atoms with van der Waals surface area (Å²) in [6, 6.07) is 4.62. The van der Waals surface area contributed by atoms with Crippen LogP contribution in [0.25, 0.3) is 0 Å². The summed E-state index contributed by atoms with van der Waals surface area (Å²) in [4.78, 5) is 11.8. The number of carbonyl (C=O) groups is 1. The van der Waals surface area contributed by atoms with E-state index in [-0.39, 0.29) is 10.7 Å². The van der Waals surface area contributed by atoms with Gasteiger partial charge in [0.25, 0.3) is 0 Å². The smallest absolute Gasteiger partial charge is 0.177 e. The second-order valence-electron chi connectivity index (χ2n) is 5.99. The van der Waals surface area contributed by atoms with Crippen LogP contribution < -0.4 is 5.32 Å². The molecule has 0 radical (unpaired) electrons. The van der Waals surface area contributed by atoms with Crippen molar-refractivity contribution in [1.29, 1.82) is 0 Å². The van der Waals surface area contributed by atoms with Crippen molar-refractivity contribution in [3.8, 4) is 0 Å². The standard InChI is InChI=1S/C17H23N3O3S/c1-11-15(12(2)20(4)19-11)8-9-18-16-10-14(13(3)21)6-7-17(16)24(5,22)23/h6-7,10,18H,8-9H2,1-5H3. The monoisotopic (exact) mass is 349 g/mol. The predicted octanol–water partition coefficient (Wildman–Crippen LogP) is 2.30. The minimum atomic E-state index is -3.37. The van der Waals surface area contributed by atoms with Crippen molar-refractivity contribution in [3.63, 3.8) is 0 Å². The molecule has 0 saturated heterocycles. The number of Topliss-reactive ketones (excluding diaryl/α,β-unsaturated/α-hetero) is 1. The first-order chi connectivity index (χ1) is 11.1. The number of ketones is 1. The van der Waals surface area contributed by atoms with Crippen molar-refractivity contribution in [3.05, 3.63) is 40.7 Å². The lowest BCUT2D eigenvalue weighted by Crippen LogP contribution is -2.11. The number of aromatic nitrogens is 2. The molecule has 0 unspecified atom stereocenters. The number of hydrogen-bond acceptors (Lipinski definition) is 5. The molecule has 1 aromatic heterocycles. The molecule has 6 nitrogen and oxygen atoms in total. The second kappa shape index (κ2) is 6.76. The SMILES string of the molecule is CC(=O)c1ccc(S(C)(=O)=O)c(NCCc2c(C)nn(C)c2C)c1. The van der Waals surface area contributed by atoms with Gasteiger partial charge < -0.3 is 5.32 Å². The molecule has 0 fully saturated rings. The molecule has 7 heteroatoms. The summed E-state index contributed by atoms with van der Waals surface area (Å²) in [7, 11) is -1.47. The second-order valence-corrected chi connectivity index (χ2v) is 7.97. The summed E-state index contributed by atoms with van der Waals surface area (Å²) in [6.07, 6.45) is 1.88. The Morgan fingerprint density at radius 2 is 1.96 bits per heavy atom. The first kappa shape index (κ1) is 18.2. The van der Waals surface area contributed by atoms with E-state index in [0.29, 0.717) is 17.8 Å². The van der Waals surface area contributed by atoms with Gasteiger partial charge in [-0.15, -0.1) is 0 Å². The number of hydrogen-bond donors (Lipinski definition) is 1. The van der Waals surface area contributed by atoms with Crippen LogP contribution in [-0.2, 0) is 23.3 Å². The summed E-state index contributed by atoms with van der Waals surface area (Å²) in [5.41, 5.74) is 4.16. The lowest BCUT2D eigenvalue weighted by atomic mass is 10.1. The van der Waals surface area contributed by atoms with Crippen molar-refractivity contribution >= 4 is 21.3 Å². The Hall–Kier alpha value is -2.15. The molecule has 24 heavy (non-hydrogen) atoms. The van der Waals surface area contributed by atoms with Crippen LogP contribution in [0.1, 0.15) is 34.2 Å². The van der Waals surface area contributed by atoms with Gasteiger partial charge in [-0.3, -0.25) is 9.48 Å². The molecule has 1 heterocycles. The Kier molecular flexibility index (Phi) is 5.13. The highest BCUT2D eigenvalue weighted by Gasteiger charge is 2.15. The molecule has 0 bridgehead atoms. The minimum Gasteiger partial charge on any atom is -0.384 e. The predicted molar refractivity (Wildman–Crippen MR) is 94.4 cm³/mol. The zero-order valence-electron chi connectivity index (χ0n) is 14.7. The zero-order chi connectivity index (χ0) is 18.1. The molecule has 0 amide bonds. The van der Waals surface area contributed by atoms with E-state index >= 15 is 0 Å². The normalized spacial score (nSPS) is 11.5. The van der Waals surface area contributed by atoms with Gasteiger partial charge >= 0.3 is 0 Å². The molecule has 0 aliphatic heterocycles. The highest BCUT2D eigenvalue weighted by Crippen LogP contribution is 2.23. The Labute approximate surface area is 142 Å². The third-order valence-corrected chi connectivity index (χ3v) is 5.29. The molecule has 0 spiro atoms. The third kappa shape index (κ3) is 3.84. The quantitative estimate of drug-likeness (QED) is 0.809. The van der Waals surface area contributed by atoms with Crippen molar-refractivity contribution in [2.45, 2.75) is 32.1 Å². The minimum absolute atomic E-state index is 0.1000. The van der Waals surface area contributed by atoms with Gasteiger partial charge in [-0.25, -0.2) is 8.42 Å². The Bertz CT molecular complexity index is 883. The summed E-state index contributed by atoms with van der Waals surface area (Å²) in [6.45, 7) is 5.98. The Morgan fingerprint density at radius 1 is 1.29 bits per heavy atom. The van der Waals surface area contributed by atoms with Gasteiger partial charge in [-0.2, -0.15) is 5.10 Å². The van der Waals surface area contributed by atoms with Crippen LogP contribution in [0.5, 0.6) is 0 Å². The van der Waals surface area contributed by atoms with Gasteiger partial charge in [0.05, 0.1) is 16.3 Å². The fourth-order valence-electron chi connectivity index (χ4n) is 2.71. The fraction of sp³-hybridized carbons (Fsp3) is 0.412. The molecule has 1 N–H and O–H groups in total. The van der Waals surface area contributed by atoms with E-state index in [4.69, 9.17) is 0 Å². The fourth-order valence-corrected chi connectivity index (χ4v) is 3.56. The van der Waals surface area contributed by atoms with E-state index in [1.54, 1.807) is 12.1 Å². The number of nitrogens with one attached hydrogen (secondary N) is 1. The van der Waals surface area contributed by atoms with E-state index in [9.17, 15) is 13.2 Å². The summed E-state index contributed by atoms with van der Waals surface area (Å²) in [5, 5.41) is 7.54. The van der Waals surface area contributed by atoms with Crippen LogP contribution in [0.4, 0.5) is 5.69 Å². The number of rotatable bonds is 6. The number of sulfone groups is 1. The molecule has 0 aliphatic carbocycles. The largest absolute Gasteiger partial charge is 0.384 e. The lowest BCUT2D eigenvalue weighted by molar-refractivity contribution is 0.101. The van der Waals surface area contributed by atoms with Crippen LogP contribution in [0.2, 0.25) is 0 Å². The topological polar surface area (TPSA) is 81.1 Å². The Morgan fingerprint density at radius 3 is 2.46 bits per heavy atom. The van der Waals surface area contributed by atoms with Gasteiger partial charge in [0.1, 0.15) is 0 Å². The van der Waals surface area contributed by atoms with E-state index in [2.05, 4.69) is 10.4 Å². The van der Waals surface area contributed by atoms with E-state index in [0.717, 1.165) is 29.6 Å². The average molecular weight is 349 g/mol. The summed E-state index contributed by atoms with van der Waals surface area (Å²) < 4.78 is 25.7. The molecule has 130 valence electrons. The molecule has 0 atom stereocenters. The molecule has 2 aromatic rings. The summed E-state index contributed by atoms with van der Waals surface area (Å²) >= 11 is 0. The van der Waals surface area contributed by atoms with Gasteiger partial charge in [0, 0.05) is 31.1 Å². The summed E-state index contributed by atoms with van der Waals surface area (Å²) in [5.74, 6) is -0.1000. The highest BCUT2D eigenvalue weighted by molar-refractivity contribution is 7.90. The van der Waals surface area contributed by atoms with E-state index in [1.165, 1.54) is 13.0 Å². The van der Waals surface area contributed by atoms with Gasteiger partial charge in [-0.05, 0) is 51.0 Å². The van der Waals surface area contributed by atoms with Crippen molar-refractivity contribution in [1.82, 2.24) is 9.78 Å². The number of carbonyl (C=O) groups excluding carboxylic acids is 1. The molecule has 1 aromatic carbocycles. The van der Waals surface area contributed by atoms with Crippen LogP contribution in [0, 0.1) is 13.8 Å². The number of anilines is 1. The first-order valence-corrected chi connectivity index (χ1v) is 9.58. The third-order valence-electron chi connectivity index (χ3n) is 4.13. The van der Waals surface area contributed by atoms with Gasteiger partial charge in [-0.1, -0.05) is 0 Å². The molecule has 2 rings (SSSR count). The molecule has 0 saturated carbocycles. The maximum absolute atomic E-state index is 11.9. The van der Waals surface area contributed by atoms with E-state index < -0.39 is 9.84 Å². The van der Waals surface area contributed by atoms with Crippen molar-refractivity contribution < 1.29 is 13.2 Å². The van der Waals surface area contributed by atoms with E-state index in [1.807, 2.05) is 25.6 Å². The zero-order valence-corrected chi connectivity index (χ0v) is 15.5. The lowest BCUT2D eigenvalue weighted by Gasteiger charge is -2.12. The molecule has 0 aliphatic rings. The number of benzene rings is 1. The molecular formula is C17H23N3O3S. The maximum Gasteiger partial charge on any atom is 0.177 e. The van der Waals surface area contributed by atoms with Crippen LogP contribution in [-0.4, -0.2) is 36.8 Å². The van der Waals surface area contributed by atoms with Crippen LogP contribution in [0.3, 0.4) is 0 Å². The number of aryl methyl sites for hydroxylation is 2. The van der Waals surface area contributed by atoms with Gasteiger partial charge in [0.15, 0.2) is 15.6 Å². The molecular weight excluding hydrogens is 326 g/mol. The first-order valence-electron chi connectivity index (χ1n) is 7.69. The highest BCUT2D eigenvalue weighted by atomic mass is 32.2. The van der Waals surface area contributed by atoms with Crippen molar-refractivity contribution in [2.24, 2.45) is 7.05 Å². The van der Waals surface area contributed by atoms with Crippen LogP contribution in [0.15, 0.2) is 23.1 Å². The van der Waals surface area contributed by atoms with Crippen molar-refractivity contribution in [2.75, 3.05) is 18.1 Å². The van der Waals surface area contributed by atoms with Gasteiger partial charge in [0.2, 0.25) is 0 Å². The average Bonchev–Trinajstić information content (AvgIpc) is 2.72. The van der Waals surface area contributed by atoms with Crippen LogP contribution >= 0.6 is 0 Å². The number of nitrogens with zero attached hydrogens (tertiary/aromatic N) is 2.